The van der Waals surface area contributed by atoms with E-state index in [-0.39, 0.29) is 0 Å². The van der Waals surface area contributed by atoms with E-state index in [4.69, 9.17) is 0 Å². The van der Waals surface area contributed by atoms with Crippen molar-refractivity contribution in [3.63, 3.8) is 0 Å². The van der Waals surface area contributed by atoms with Gasteiger partial charge in [0.05, 0.1) is 0 Å². The molecule has 0 aliphatic rings. The molecule has 0 aliphatic heterocycles. The van der Waals surface area contributed by atoms with Crippen molar-refractivity contribution < 1.29 is 0 Å². The van der Waals surface area contributed by atoms with E-state index in [1.807, 2.05) is 22.3 Å². The van der Waals surface area contributed by atoms with Crippen LogP contribution in [0.3, 0.4) is 0 Å². The minimum atomic E-state index is 0.957. The van der Waals surface area contributed by atoms with Gasteiger partial charge in [0.15, 0.2) is 0 Å². The first-order chi connectivity index (χ1) is 2.81. The van der Waals surface area contributed by atoms with Crippen LogP contribution in [0.1, 0.15) is 20.3 Å². The molecule has 0 fully saturated rings. The molecule has 1 heteroatoms. The molecule has 0 nitrogen and oxygen atoms in total. The summed E-state index contributed by atoms with van der Waals surface area (Å²) in [7, 11) is 0. The predicted molar refractivity (Wildman–Crippen MR) is 31.4 cm³/mol. The number of rotatable bonds is 2. The Labute approximate surface area is 53.2 Å². The molecule has 0 heterocycles. The van der Waals surface area contributed by atoms with Gasteiger partial charge < -0.3 is 0 Å². The van der Waals surface area contributed by atoms with Gasteiger partial charge in [-0.05, 0) is 0 Å². The molecule has 0 amide bonds. The van der Waals surface area contributed by atoms with E-state index in [0.717, 1.165) is 5.92 Å². The fourth-order valence-corrected chi connectivity index (χ4v) is 0.866. The van der Waals surface area contributed by atoms with Gasteiger partial charge in [0.2, 0.25) is 0 Å². The topological polar surface area (TPSA) is 0 Å². The predicted octanol–water partition coefficient (Wildman–Crippen LogP) is 1.35. The van der Waals surface area contributed by atoms with Crippen molar-refractivity contribution in [2.24, 2.45) is 5.92 Å². The Balaban J connectivity index is 2.75. The summed E-state index contributed by atoms with van der Waals surface area (Å²) in [5, 5.41) is 0. The Bertz CT molecular complexity index is 23.1. The van der Waals surface area contributed by atoms with Crippen LogP contribution in [-0.2, 0) is 0 Å². The van der Waals surface area contributed by atoms with Gasteiger partial charge in [-0.1, -0.05) is 0 Å². The molecule has 0 aromatic carbocycles. The van der Waals surface area contributed by atoms with Gasteiger partial charge in [0.1, 0.15) is 0 Å². The fraction of sp³-hybridized carbons (Fsp3) is 1.00. The van der Waals surface area contributed by atoms with Crippen molar-refractivity contribution in [3.8, 4) is 0 Å². The molecule has 0 aliphatic carbocycles. The number of hydrogen-bond donors (Lipinski definition) is 0. The molecule has 0 aromatic rings. The van der Waals surface area contributed by atoms with E-state index in [2.05, 4.69) is 13.8 Å². The van der Waals surface area contributed by atoms with Crippen molar-refractivity contribution in [3.05, 3.63) is 0 Å². The van der Waals surface area contributed by atoms with Gasteiger partial charge >= 0.3 is 52.9 Å². The van der Waals surface area contributed by atoms with E-state index in [1.165, 1.54) is 10.9 Å². The summed E-state index contributed by atoms with van der Waals surface area (Å²) in [5.74, 6) is 0.957. The van der Waals surface area contributed by atoms with Crippen molar-refractivity contribution in [2.45, 2.75) is 24.7 Å². The van der Waals surface area contributed by atoms with E-state index in [1.54, 1.807) is 0 Å². The Morgan fingerprint density at radius 3 is 2.17 bits per heavy atom. The van der Waals surface area contributed by atoms with Crippen molar-refractivity contribution in [1.29, 1.82) is 0 Å². The summed E-state index contributed by atoms with van der Waals surface area (Å²) in [6.45, 7) is 4.53. The Kier molecular flexibility index (Phi) is 4.48. The summed E-state index contributed by atoms with van der Waals surface area (Å²) >= 11 is 1.93. The molecule has 1 atom stereocenters. The van der Waals surface area contributed by atoms with E-state index < -0.39 is 0 Å². The molecule has 0 spiro atoms. The van der Waals surface area contributed by atoms with Crippen LogP contribution in [0, 0.1) is 5.92 Å². The molecule has 6 heavy (non-hydrogen) atoms. The van der Waals surface area contributed by atoms with Gasteiger partial charge in [0, 0.05) is 0 Å². The molecule has 0 aromatic heterocycles. The zero-order chi connectivity index (χ0) is 4.99. The van der Waals surface area contributed by atoms with Gasteiger partial charge in [-0.3, -0.25) is 0 Å². The van der Waals surface area contributed by atoms with Crippen LogP contribution in [0.25, 0.3) is 0 Å². The summed E-state index contributed by atoms with van der Waals surface area (Å²) in [4.78, 5) is 0. The minimum absolute atomic E-state index is 0.957. The molecule has 0 bridgehead atoms. The first kappa shape index (κ1) is 6.79. The summed E-state index contributed by atoms with van der Waals surface area (Å²) in [6, 6.07) is 0. The van der Waals surface area contributed by atoms with Crippen molar-refractivity contribution in [2.75, 3.05) is 0 Å². The molecular weight excluding hydrogens is 188 g/mol. The van der Waals surface area contributed by atoms with E-state index in [9.17, 15) is 0 Å². The Morgan fingerprint density at radius 1 is 1.67 bits per heavy atom. The standard InChI is InChI=1S/C5H12Te/c1-3-5(2)4-6/h5-6H,3-4H2,1-2H3. The second-order valence-electron chi connectivity index (χ2n) is 1.70. The van der Waals surface area contributed by atoms with Gasteiger partial charge in [0.25, 0.3) is 0 Å². The zero-order valence-electron chi connectivity index (χ0n) is 4.44. The third kappa shape index (κ3) is 3.00. The van der Waals surface area contributed by atoms with Gasteiger partial charge in [-0.2, -0.15) is 0 Å². The summed E-state index contributed by atoms with van der Waals surface area (Å²) < 4.78 is 1.38. The quantitative estimate of drug-likeness (QED) is 0.590. The molecule has 0 saturated carbocycles. The Hall–Kier alpha value is 0.790. The zero-order valence-corrected chi connectivity index (χ0v) is 6.99. The van der Waals surface area contributed by atoms with Crippen LogP contribution in [0.4, 0.5) is 0 Å². The third-order valence-electron chi connectivity index (χ3n) is 1.01. The average Bonchev–Trinajstić information content (AvgIpc) is 1.65. The molecule has 0 radical (unpaired) electrons. The van der Waals surface area contributed by atoms with Crippen LogP contribution in [-0.4, -0.2) is 22.3 Å². The summed E-state index contributed by atoms with van der Waals surface area (Å²) in [5.41, 5.74) is 0. The molecular formula is C5H12Te. The van der Waals surface area contributed by atoms with Crippen LogP contribution in [0.15, 0.2) is 0 Å². The third-order valence-corrected chi connectivity index (χ3v) is 2.79. The molecule has 1 unspecified atom stereocenters. The van der Waals surface area contributed by atoms with Crippen LogP contribution in [0.2, 0.25) is 4.47 Å². The average molecular weight is 200 g/mol. The molecule has 0 rings (SSSR count). The molecule has 38 valence electrons. The van der Waals surface area contributed by atoms with Gasteiger partial charge in [-0.15, -0.1) is 0 Å². The second kappa shape index (κ2) is 3.96. The summed E-state index contributed by atoms with van der Waals surface area (Å²) in [6.07, 6.45) is 1.34. The maximum absolute atomic E-state index is 2.29. The normalized spacial score (nSPS) is 14.5. The number of hydrogen-bond acceptors (Lipinski definition) is 0. The monoisotopic (exact) mass is 202 g/mol. The van der Waals surface area contributed by atoms with Crippen molar-refractivity contribution in [1.82, 2.24) is 0 Å². The van der Waals surface area contributed by atoms with E-state index in [0.29, 0.717) is 0 Å². The van der Waals surface area contributed by atoms with Crippen LogP contribution < -0.4 is 0 Å². The SMILES string of the molecule is CCC(C)C[TeH]. The van der Waals surface area contributed by atoms with Crippen LogP contribution >= 0.6 is 0 Å². The van der Waals surface area contributed by atoms with Crippen molar-refractivity contribution >= 4 is 22.3 Å². The molecule has 0 N–H and O–H groups in total. The molecule has 0 saturated heterocycles. The fourth-order valence-electron chi connectivity index (χ4n) is 0.129. The first-order valence-corrected chi connectivity index (χ1v) is 4.22. The second-order valence-corrected chi connectivity index (χ2v) is 2.74. The first-order valence-electron chi connectivity index (χ1n) is 2.42. The van der Waals surface area contributed by atoms with Crippen LogP contribution in [0.5, 0.6) is 0 Å². The maximum atomic E-state index is 2.29. The van der Waals surface area contributed by atoms with Gasteiger partial charge in [-0.25, -0.2) is 0 Å². The Morgan fingerprint density at radius 2 is 2.17 bits per heavy atom. The van der Waals surface area contributed by atoms with E-state index >= 15 is 0 Å².